The summed E-state index contributed by atoms with van der Waals surface area (Å²) < 4.78 is 16.2. The minimum absolute atomic E-state index is 0.0852. The van der Waals surface area contributed by atoms with Crippen molar-refractivity contribution in [1.82, 2.24) is 0 Å². The van der Waals surface area contributed by atoms with Crippen molar-refractivity contribution < 1.29 is 33.4 Å². The van der Waals surface area contributed by atoms with Crippen LogP contribution in [0.2, 0.25) is 5.02 Å². The summed E-state index contributed by atoms with van der Waals surface area (Å²) in [6, 6.07) is 17.2. The number of carbonyl (C=O) groups excluding carboxylic acids is 3. The molecule has 1 aliphatic rings. The number of methoxy groups -OCH3 is 1. The van der Waals surface area contributed by atoms with E-state index in [1.807, 2.05) is 19.1 Å². The van der Waals surface area contributed by atoms with E-state index in [0.717, 1.165) is 5.56 Å². The number of anilines is 1. The second kappa shape index (κ2) is 10.3. The first-order valence-electron chi connectivity index (χ1n) is 12.2. The number of fused-ring (bicyclic) bond motifs is 1. The lowest BCUT2D eigenvalue weighted by Gasteiger charge is -2.28. The third-order valence-corrected chi connectivity index (χ3v) is 6.80. The molecule has 0 saturated carbocycles. The fourth-order valence-electron chi connectivity index (χ4n) is 4.75. The van der Waals surface area contributed by atoms with Crippen LogP contribution in [-0.2, 0) is 9.53 Å². The van der Waals surface area contributed by atoms with Crippen LogP contribution in [0.4, 0.5) is 5.69 Å². The molecular formula is C30H24ClNO7. The molecule has 0 aliphatic carbocycles. The van der Waals surface area contributed by atoms with E-state index in [0.29, 0.717) is 38.6 Å². The SMILES string of the molecule is CCOC(=O)c1ccc(N2C(=O)C(O)=C(C(=O)c3cc4cc(Cl)cc(OC)c4o3)C2c2ccccc2C)cc1. The Morgan fingerprint density at radius 2 is 1.79 bits per heavy atom. The number of aryl methyl sites for hydroxylation is 1. The van der Waals surface area contributed by atoms with E-state index in [-0.39, 0.29) is 17.9 Å². The molecular weight excluding hydrogens is 522 g/mol. The molecule has 198 valence electrons. The van der Waals surface area contributed by atoms with E-state index in [2.05, 4.69) is 0 Å². The van der Waals surface area contributed by atoms with Crippen LogP contribution in [0.25, 0.3) is 11.0 Å². The van der Waals surface area contributed by atoms with Crippen LogP contribution in [0.1, 0.15) is 45.0 Å². The molecule has 1 aromatic heterocycles. The van der Waals surface area contributed by atoms with Gasteiger partial charge in [-0.1, -0.05) is 35.9 Å². The van der Waals surface area contributed by atoms with Crippen molar-refractivity contribution in [2.24, 2.45) is 0 Å². The van der Waals surface area contributed by atoms with Crippen molar-refractivity contribution in [3.8, 4) is 5.75 Å². The first kappa shape index (κ1) is 26.1. The number of aliphatic hydroxyl groups is 1. The topological polar surface area (TPSA) is 106 Å². The van der Waals surface area contributed by atoms with Gasteiger partial charge in [-0.2, -0.15) is 0 Å². The lowest BCUT2D eigenvalue weighted by atomic mass is 9.92. The number of rotatable bonds is 7. The summed E-state index contributed by atoms with van der Waals surface area (Å²) >= 11 is 6.18. The van der Waals surface area contributed by atoms with Crippen molar-refractivity contribution in [3.63, 3.8) is 0 Å². The molecule has 1 N–H and O–H groups in total. The maximum absolute atomic E-state index is 13.9. The second-order valence-electron chi connectivity index (χ2n) is 8.93. The summed E-state index contributed by atoms with van der Waals surface area (Å²) in [6.07, 6.45) is 0. The van der Waals surface area contributed by atoms with Gasteiger partial charge in [0, 0.05) is 22.2 Å². The molecule has 1 aliphatic heterocycles. The fraction of sp³-hybridized carbons (Fsp3) is 0.167. The molecule has 0 radical (unpaired) electrons. The average Bonchev–Trinajstić information content (AvgIpc) is 3.47. The number of furan rings is 1. The molecule has 3 aromatic carbocycles. The number of amides is 1. The Hall–Kier alpha value is -4.56. The molecule has 1 amide bonds. The van der Waals surface area contributed by atoms with Gasteiger partial charge in [-0.05, 0) is 61.4 Å². The molecule has 0 bridgehead atoms. The van der Waals surface area contributed by atoms with E-state index >= 15 is 0 Å². The number of nitrogens with zero attached hydrogens (tertiary/aromatic N) is 1. The van der Waals surface area contributed by atoms with Gasteiger partial charge in [0.15, 0.2) is 22.9 Å². The number of carbonyl (C=O) groups is 3. The zero-order valence-electron chi connectivity index (χ0n) is 21.4. The molecule has 1 unspecified atom stereocenters. The highest BCUT2D eigenvalue weighted by atomic mass is 35.5. The summed E-state index contributed by atoms with van der Waals surface area (Å²) in [5.41, 5.74) is 2.32. The molecule has 8 nitrogen and oxygen atoms in total. The van der Waals surface area contributed by atoms with Crippen LogP contribution in [0, 0.1) is 6.92 Å². The van der Waals surface area contributed by atoms with Crippen LogP contribution in [-0.4, -0.2) is 36.5 Å². The predicted octanol–water partition coefficient (Wildman–Crippen LogP) is 6.36. The van der Waals surface area contributed by atoms with Gasteiger partial charge in [0.25, 0.3) is 5.91 Å². The number of halogens is 1. The molecule has 0 fully saturated rings. The number of Topliss-reactive ketones (excluding diaryl/α,β-unsaturated/α-hetero) is 1. The third kappa shape index (κ3) is 4.53. The molecule has 4 aromatic rings. The Balaban J connectivity index is 1.62. The Kier molecular flexibility index (Phi) is 6.89. The van der Waals surface area contributed by atoms with Crippen molar-refractivity contribution in [2.45, 2.75) is 19.9 Å². The van der Waals surface area contributed by atoms with Gasteiger partial charge < -0.3 is 19.0 Å². The quantitative estimate of drug-likeness (QED) is 0.212. The molecule has 0 saturated heterocycles. The van der Waals surface area contributed by atoms with E-state index in [1.54, 1.807) is 43.3 Å². The monoisotopic (exact) mass is 545 g/mol. The zero-order chi connectivity index (χ0) is 27.8. The standard InChI is InChI=1S/C30H24ClNO7/c1-4-38-30(36)17-9-11-20(12-10-17)32-25(21-8-6-5-7-16(21)2)24(27(34)29(32)35)26(33)22-14-18-13-19(31)15-23(37-3)28(18)39-22/h5-15,25,34H,4H2,1-3H3. The Morgan fingerprint density at radius 3 is 2.46 bits per heavy atom. The lowest BCUT2D eigenvalue weighted by molar-refractivity contribution is -0.117. The number of aliphatic hydroxyl groups excluding tert-OH is 1. The minimum atomic E-state index is -0.960. The Labute approximate surface area is 229 Å². The van der Waals surface area contributed by atoms with Crippen LogP contribution in [0.5, 0.6) is 5.75 Å². The fourth-order valence-corrected chi connectivity index (χ4v) is 4.96. The molecule has 39 heavy (non-hydrogen) atoms. The number of ether oxygens (including phenoxy) is 2. The van der Waals surface area contributed by atoms with Gasteiger partial charge in [-0.15, -0.1) is 0 Å². The third-order valence-electron chi connectivity index (χ3n) is 6.58. The number of ketones is 1. The van der Waals surface area contributed by atoms with Gasteiger partial charge in [0.1, 0.15) is 0 Å². The maximum atomic E-state index is 13.9. The molecule has 2 heterocycles. The van der Waals surface area contributed by atoms with Crippen molar-refractivity contribution in [3.05, 3.63) is 106 Å². The summed E-state index contributed by atoms with van der Waals surface area (Å²) in [6.45, 7) is 3.79. The maximum Gasteiger partial charge on any atom is 0.338 e. The highest BCUT2D eigenvalue weighted by Gasteiger charge is 2.46. The molecule has 0 spiro atoms. The minimum Gasteiger partial charge on any atom is -0.503 e. The Morgan fingerprint density at radius 1 is 1.08 bits per heavy atom. The number of hydrogen-bond donors (Lipinski definition) is 1. The number of esters is 1. The number of benzene rings is 3. The van der Waals surface area contributed by atoms with Gasteiger partial charge >= 0.3 is 5.97 Å². The van der Waals surface area contributed by atoms with Gasteiger partial charge in [0.2, 0.25) is 5.78 Å². The summed E-state index contributed by atoms with van der Waals surface area (Å²) in [7, 11) is 1.46. The van der Waals surface area contributed by atoms with Crippen molar-refractivity contribution in [1.29, 1.82) is 0 Å². The van der Waals surface area contributed by atoms with Crippen LogP contribution in [0.15, 0.2) is 82.5 Å². The average molecular weight is 546 g/mol. The first-order valence-corrected chi connectivity index (χ1v) is 12.5. The van der Waals surface area contributed by atoms with E-state index in [9.17, 15) is 19.5 Å². The normalized spacial score (nSPS) is 15.2. The predicted molar refractivity (Wildman–Crippen MR) is 146 cm³/mol. The van der Waals surface area contributed by atoms with Crippen LogP contribution < -0.4 is 9.64 Å². The van der Waals surface area contributed by atoms with E-state index in [1.165, 1.54) is 30.2 Å². The van der Waals surface area contributed by atoms with Crippen LogP contribution in [0.3, 0.4) is 0 Å². The van der Waals surface area contributed by atoms with Crippen molar-refractivity contribution >= 4 is 45.9 Å². The zero-order valence-corrected chi connectivity index (χ0v) is 22.1. The first-order chi connectivity index (χ1) is 18.7. The van der Waals surface area contributed by atoms with E-state index < -0.39 is 29.5 Å². The summed E-state index contributed by atoms with van der Waals surface area (Å²) in [5, 5.41) is 12.0. The molecule has 1 atom stereocenters. The van der Waals surface area contributed by atoms with E-state index in [4.69, 9.17) is 25.5 Å². The summed E-state index contributed by atoms with van der Waals surface area (Å²) in [5.74, 6) is -2.34. The van der Waals surface area contributed by atoms with Gasteiger partial charge in [-0.25, -0.2) is 4.79 Å². The lowest BCUT2D eigenvalue weighted by Crippen LogP contribution is -2.31. The largest absolute Gasteiger partial charge is 0.503 e. The molecule has 9 heteroatoms. The smallest absolute Gasteiger partial charge is 0.338 e. The number of hydrogen-bond acceptors (Lipinski definition) is 7. The van der Waals surface area contributed by atoms with Crippen LogP contribution >= 0.6 is 11.6 Å². The van der Waals surface area contributed by atoms with Crippen molar-refractivity contribution in [2.75, 3.05) is 18.6 Å². The highest BCUT2D eigenvalue weighted by Crippen LogP contribution is 2.44. The Bertz CT molecular complexity index is 1650. The summed E-state index contributed by atoms with van der Waals surface area (Å²) in [4.78, 5) is 40.9. The second-order valence-corrected chi connectivity index (χ2v) is 9.37. The highest BCUT2D eigenvalue weighted by molar-refractivity contribution is 6.31. The molecule has 5 rings (SSSR count). The van der Waals surface area contributed by atoms with Gasteiger partial charge in [-0.3, -0.25) is 14.5 Å². The van der Waals surface area contributed by atoms with Gasteiger partial charge in [0.05, 0.1) is 30.9 Å².